The number of hydrogen-bond donors (Lipinski definition) is 8. The van der Waals surface area contributed by atoms with Crippen LogP contribution < -0.4 is 0 Å². The molecule has 53 heavy (non-hydrogen) atoms. The normalized spacial score (nSPS) is 59.5. The maximum absolute atomic E-state index is 12.1. The minimum Gasteiger partial charge on any atom is -0.394 e. The fraction of sp³-hybridized carbons (Fsp3) is 1.00. The summed E-state index contributed by atoms with van der Waals surface area (Å²) < 4.78 is 37.3. The first-order valence-electron chi connectivity index (χ1n) is 20.4. The molecule has 0 bridgehead atoms. The summed E-state index contributed by atoms with van der Waals surface area (Å²) in [5, 5.41) is 84.8. The molecular weight excluding hydrogens is 692 g/mol. The molecule has 0 aromatic carbocycles. The van der Waals surface area contributed by atoms with Crippen LogP contribution in [0.4, 0.5) is 0 Å². The third-order valence-corrected chi connectivity index (χ3v) is 16.2. The highest BCUT2D eigenvalue weighted by molar-refractivity contribution is 5.18. The minimum atomic E-state index is -1.73. The van der Waals surface area contributed by atoms with Gasteiger partial charge in [0.2, 0.25) is 0 Å². The number of rotatable bonds is 6. The summed E-state index contributed by atoms with van der Waals surface area (Å²) >= 11 is 0. The Bertz CT molecular complexity index is 1300. The zero-order valence-corrected chi connectivity index (χ0v) is 31.6. The van der Waals surface area contributed by atoms with Crippen LogP contribution in [0.2, 0.25) is 0 Å². The molecule has 0 amide bonds. The number of aliphatic hydroxyl groups excluding tert-OH is 8. The van der Waals surface area contributed by atoms with E-state index in [0.29, 0.717) is 36.7 Å². The van der Waals surface area contributed by atoms with Crippen molar-refractivity contribution in [2.75, 3.05) is 19.8 Å². The van der Waals surface area contributed by atoms with E-state index < -0.39 is 86.5 Å². The summed E-state index contributed by atoms with van der Waals surface area (Å²) in [6.45, 7) is 8.83. The van der Waals surface area contributed by atoms with Gasteiger partial charge in [0.1, 0.15) is 48.8 Å². The van der Waals surface area contributed by atoms with Gasteiger partial charge in [0, 0.05) is 18.3 Å². The predicted octanol–water partition coefficient (Wildman–Crippen LogP) is 0.413. The fourth-order valence-corrected chi connectivity index (χ4v) is 13.2. The molecule has 8 aliphatic rings. The van der Waals surface area contributed by atoms with Crippen LogP contribution in [0.15, 0.2) is 0 Å². The lowest BCUT2D eigenvalue weighted by Crippen LogP contribution is -2.65. The van der Waals surface area contributed by atoms with E-state index in [1.807, 2.05) is 0 Å². The number of ether oxygens (including phenoxy) is 6. The SMILES string of the molecule is C[C@H]1CC[C@@]2(OC1)OC1[C@H]([C@@H]2C)[C@@]2(C)CC[C@H]3[C@@H](CC[C@@H]4C[C@@H](O[C@@H]5O[C@H](CO)[C@H](O)[C@H](O)[C@H]5O[C@@H]5O[C@H](CO)[C@@H](O)[C@H](O)[C@H]5O)CC[C@@]43C)[C@@H]2[C@H]1O. The van der Waals surface area contributed by atoms with E-state index in [0.717, 1.165) is 51.4 Å². The molecule has 4 heterocycles. The van der Waals surface area contributed by atoms with E-state index in [9.17, 15) is 40.9 Å². The van der Waals surface area contributed by atoms with E-state index in [1.165, 1.54) is 0 Å². The van der Waals surface area contributed by atoms with E-state index >= 15 is 0 Å². The summed E-state index contributed by atoms with van der Waals surface area (Å²) in [4.78, 5) is 0. The van der Waals surface area contributed by atoms with E-state index in [2.05, 4.69) is 27.7 Å². The molecule has 8 rings (SSSR count). The van der Waals surface area contributed by atoms with Crippen LogP contribution in [0, 0.1) is 52.3 Å². The highest BCUT2D eigenvalue weighted by Gasteiger charge is 2.72. The lowest BCUT2D eigenvalue weighted by Gasteiger charge is -2.61. The van der Waals surface area contributed by atoms with Crippen LogP contribution in [0.25, 0.3) is 0 Å². The maximum Gasteiger partial charge on any atom is 0.187 e. The van der Waals surface area contributed by atoms with Gasteiger partial charge in [-0.3, -0.25) is 0 Å². The van der Waals surface area contributed by atoms with Gasteiger partial charge in [-0.05, 0) is 91.8 Å². The monoisotopic (exact) mass is 756 g/mol. The zero-order valence-electron chi connectivity index (χ0n) is 31.6. The number of hydrogen-bond acceptors (Lipinski definition) is 14. The van der Waals surface area contributed by atoms with Crippen molar-refractivity contribution in [2.45, 2.75) is 171 Å². The Morgan fingerprint density at radius 3 is 2.02 bits per heavy atom. The fourth-order valence-electron chi connectivity index (χ4n) is 13.2. The van der Waals surface area contributed by atoms with Crippen LogP contribution in [0.5, 0.6) is 0 Å². The summed E-state index contributed by atoms with van der Waals surface area (Å²) in [5.74, 6) is 1.79. The van der Waals surface area contributed by atoms with Crippen LogP contribution in [0.3, 0.4) is 0 Å². The van der Waals surface area contributed by atoms with Gasteiger partial charge < -0.3 is 69.3 Å². The molecule has 0 aromatic heterocycles. The smallest absolute Gasteiger partial charge is 0.187 e. The van der Waals surface area contributed by atoms with Crippen molar-refractivity contribution in [1.82, 2.24) is 0 Å². The first-order valence-corrected chi connectivity index (χ1v) is 20.4. The molecule has 1 spiro atoms. The molecule has 304 valence electrons. The highest BCUT2D eigenvalue weighted by atomic mass is 16.8. The molecular formula is C39H64O14. The van der Waals surface area contributed by atoms with Gasteiger partial charge in [-0.25, -0.2) is 0 Å². The second-order valence-corrected chi connectivity index (χ2v) is 18.8. The second-order valence-electron chi connectivity index (χ2n) is 18.8. The zero-order chi connectivity index (χ0) is 37.8. The first-order chi connectivity index (χ1) is 25.2. The molecule has 4 aliphatic carbocycles. The third kappa shape index (κ3) is 6.11. The van der Waals surface area contributed by atoms with Crippen molar-refractivity contribution in [3.63, 3.8) is 0 Å². The second kappa shape index (κ2) is 14.4. The van der Waals surface area contributed by atoms with Crippen LogP contribution in [-0.4, -0.2) is 146 Å². The molecule has 4 aliphatic heterocycles. The van der Waals surface area contributed by atoms with Crippen molar-refractivity contribution >= 4 is 0 Å². The predicted molar refractivity (Wildman–Crippen MR) is 184 cm³/mol. The van der Waals surface area contributed by atoms with Gasteiger partial charge in [-0.2, -0.15) is 0 Å². The Kier molecular flexibility index (Phi) is 10.6. The lowest BCUT2D eigenvalue weighted by atomic mass is 9.44. The molecule has 0 radical (unpaired) electrons. The maximum atomic E-state index is 12.1. The molecule has 14 nitrogen and oxygen atoms in total. The molecule has 14 heteroatoms. The number of aliphatic hydroxyl groups is 8. The average molecular weight is 757 g/mol. The van der Waals surface area contributed by atoms with E-state index in [1.54, 1.807) is 0 Å². The van der Waals surface area contributed by atoms with Gasteiger partial charge in [0.25, 0.3) is 0 Å². The van der Waals surface area contributed by atoms with Crippen LogP contribution >= 0.6 is 0 Å². The molecule has 1 unspecified atom stereocenters. The molecule has 8 fully saturated rings. The molecule has 4 saturated heterocycles. The van der Waals surface area contributed by atoms with Gasteiger partial charge in [0.05, 0.1) is 38.1 Å². The van der Waals surface area contributed by atoms with Crippen molar-refractivity contribution in [1.29, 1.82) is 0 Å². The van der Waals surface area contributed by atoms with Gasteiger partial charge in [-0.1, -0.05) is 27.7 Å². The average Bonchev–Trinajstić information content (AvgIpc) is 3.55. The van der Waals surface area contributed by atoms with Crippen molar-refractivity contribution in [2.24, 2.45) is 52.3 Å². The summed E-state index contributed by atoms with van der Waals surface area (Å²) in [7, 11) is 0. The lowest BCUT2D eigenvalue weighted by molar-refractivity contribution is -0.373. The highest BCUT2D eigenvalue weighted by Crippen LogP contribution is 2.71. The summed E-state index contributed by atoms with van der Waals surface area (Å²) in [5.41, 5.74) is 0.0217. The van der Waals surface area contributed by atoms with Gasteiger partial charge in [0.15, 0.2) is 18.4 Å². The quantitative estimate of drug-likeness (QED) is 0.173. The van der Waals surface area contributed by atoms with Crippen molar-refractivity contribution in [3.05, 3.63) is 0 Å². The summed E-state index contributed by atoms with van der Waals surface area (Å²) in [6, 6.07) is 0. The topological polar surface area (TPSA) is 217 Å². The summed E-state index contributed by atoms with van der Waals surface area (Å²) in [6.07, 6.45) is -7.30. The Balaban J connectivity index is 0.956. The first kappa shape index (κ1) is 39.3. The van der Waals surface area contributed by atoms with Crippen LogP contribution in [-0.2, 0) is 28.4 Å². The Morgan fingerprint density at radius 1 is 0.660 bits per heavy atom. The standard InChI is InChI=1S/C39H64O14/c1-17-7-12-39(48-16-17)18(2)25-33(53-39)29(44)26-21-6-5-19-13-20(8-10-37(19,3)22(21)9-11-38(25,26)4)49-36-34(31(46)28(43)24(15-41)51-36)52-35-32(47)30(45)27(42)23(14-40)50-35/h17-36,40-47H,5-16H2,1-4H3/t17-,18-,19+,20-,21+,22-,23+,24+,25-,26+,27+,28-,29+,30-,31-,32+,33?,34+,35-,36+,37-,38+,39+/m0/s1. The number of fused-ring (bicyclic) bond motifs is 7. The molecule has 4 saturated carbocycles. The third-order valence-electron chi connectivity index (χ3n) is 16.2. The van der Waals surface area contributed by atoms with Gasteiger partial charge in [-0.15, -0.1) is 0 Å². The van der Waals surface area contributed by atoms with Crippen LogP contribution in [0.1, 0.15) is 85.5 Å². The Hall–Kier alpha value is -0.560. The largest absolute Gasteiger partial charge is 0.394 e. The van der Waals surface area contributed by atoms with E-state index in [4.69, 9.17) is 28.4 Å². The molecule has 0 aromatic rings. The van der Waals surface area contributed by atoms with Crippen molar-refractivity contribution in [3.8, 4) is 0 Å². The molecule has 8 N–H and O–H groups in total. The molecule has 23 atom stereocenters. The van der Waals surface area contributed by atoms with E-state index in [-0.39, 0.29) is 40.8 Å². The van der Waals surface area contributed by atoms with Gasteiger partial charge >= 0.3 is 0 Å². The Labute approximate surface area is 312 Å². The minimum absolute atomic E-state index is 0.0208. The van der Waals surface area contributed by atoms with Crippen molar-refractivity contribution < 1.29 is 69.3 Å². The Morgan fingerprint density at radius 2 is 1.34 bits per heavy atom.